The molecule has 0 aliphatic heterocycles. The molecule has 0 aromatic heterocycles. The minimum Gasteiger partial charge on any atom is -0.478 e. The molecule has 1 N–H and O–H groups in total. The maximum Gasteiger partial charge on any atom is 0.339 e. The largest absolute Gasteiger partial charge is 0.478 e. The van der Waals surface area contributed by atoms with E-state index in [2.05, 4.69) is 4.74 Å². The molecule has 1 atom stereocenters. The van der Waals surface area contributed by atoms with Crippen molar-refractivity contribution in [2.24, 2.45) is 0 Å². The Balaban J connectivity index is 2.94. The molecule has 15 heavy (non-hydrogen) atoms. The van der Waals surface area contributed by atoms with Gasteiger partial charge in [0.1, 0.15) is 11.3 Å². The van der Waals surface area contributed by atoms with Gasteiger partial charge in [0, 0.05) is 6.92 Å². The summed E-state index contributed by atoms with van der Waals surface area (Å²) in [4.78, 5) is 21.3. The Morgan fingerprint density at radius 1 is 1.40 bits per heavy atom. The molecule has 0 radical (unpaired) electrons. The number of hydrogen-bond acceptors (Lipinski definition) is 3. The smallest absolute Gasteiger partial charge is 0.339 e. The summed E-state index contributed by atoms with van der Waals surface area (Å²) in [5, 5.41) is 8.73. The zero-order valence-electron chi connectivity index (χ0n) is 7.94. The summed E-state index contributed by atoms with van der Waals surface area (Å²) in [6.07, 6.45) is -2.13. The number of ketones is 1. The Bertz CT molecular complexity index is 389. The van der Waals surface area contributed by atoms with Crippen molar-refractivity contribution in [1.29, 1.82) is 0 Å². The van der Waals surface area contributed by atoms with Gasteiger partial charge in [0.15, 0.2) is 0 Å². The van der Waals surface area contributed by atoms with Crippen LogP contribution in [0.1, 0.15) is 17.3 Å². The Morgan fingerprint density at radius 3 is 2.53 bits per heavy atom. The molecule has 0 spiro atoms. The third-order valence-corrected chi connectivity index (χ3v) is 1.67. The Labute approximate surface area is 85.3 Å². The van der Waals surface area contributed by atoms with Crippen molar-refractivity contribution in [1.82, 2.24) is 0 Å². The van der Waals surface area contributed by atoms with Crippen LogP contribution in [-0.2, 0) is 4.79 Å². The van der Waals surface area contributed by atoms with Crippen molar-refractivity contribution in [2.75, 3.05) is 0 Å². The van der Waals surface area contributed by atoms with E-state index in [0.717, 1.165) is 6.92 Å². The minimum absolute atomic E-state index is 0.160. The molecule has 5 heteroatoms. The highest BCUT2D eigenvalue weighted by molar-refractivity contribution is 5.91. The molecule has 0 bridgehead atoms. The molecule has 4 nitrogen and oxygen atoms in total. The van der Waals surface area contributed by atoms with Gasteiger partial charge in [-0.05, 0) is 12.1 Å². The molecule has 80 valence electrons. The highest BCUT2D eigenvalue weighted by Gasteiger charge is 2.17. The summed E-state index contributed by atoms with van der Waals surface area (Å²) in [5.41, 5.74) is -0.179. The van der Waals surface area contributed by atoms with E-state index >= 15 is 0 Å². The van der Waals surface area contributed by atoms with Crippen LogP contribution in [0.4, 0.5) is 4.39 Å². The number of hydrogen-bond donors (Lipinski definition) is 1. The Morgan fingerprint density at radius 2 is 2.00 bits per heavy atom. The first-order valence-electron chi connectivity index (χ1n) is 4.16. The lowest BCUT2D eigenvalue weighted by Gasteiger charge is -2.10. The summed E-state index contributed by atoms with van der Waals surface area (Å²) >= 11 is 0. The molecular formula is C10H9FO4. The van der Waals surface area contributed by atoms with Crippen LogP contribution in [0.2, 0.25) is 0 Å². The summed E-state index contributed by atoms with van der Waals surface area (Å²) in [6, 6.07) is 5.54. The average Bonchev–Trinajstić information content (AvgIpc) is 2.18. The normalized spacial score (nSPS) is 11.9. The SMILES string of the molecule is CC(=O)C(F)Oc1ccccc1C(=O)O. The van der Waals surface area contributed by atoms with Gasteiger partial charge in [-0.3, -0.25) is 4.79 Å². The van der Waals surface area contributed by atoms with Crippen molar-refractivity contribution in [3.05, 3.63) is 29.8 Å². The van der Waals surface area contributed by atoms with Crippen LogP contribution in [0.5, 0.6) is 5.75 Å². The summed E-state index contributed by atoms with van der Waals surface area (Å²) in [5.74, 6) is -2.20. The van der Waals surface area contributed by atoms with Crippen molar-refractivity contribution >= 4 is 11.8 Å². The quantitative estimate of drug-likeness (QED) is 0.824. The molecule has 1 unspecified atom stereocenters. The number of para-hydroxylation sites is 1. The Hall–Kier alpha value is -1.91. The van der Waals surface area contributed by atoms with Gasteiger partial charge in [-0.1, -0.05) is 12.1 Å². The third-order valence-electron chi connectivity index (χ3n) is 1.67. The van der Waals surface area contributed by atoms with Crippen LogP contribution >= 0.6 is 0 Å². The van der Waals surface area contributed by atoms with Crippen LogP contribution in [0, 0.1) is 0 Å². The van der Waals surface area contributed by atoms with Gasteiger partial charge in [-0.15, -0.1) is 0 Å². The monoisotopic (exact) mass is 212 g/mol. The maximum atomic E-state index is 12.9. The fourth-order valence-electron chi connectivity index (χ4n) is 0.941. The maximum absolute atomic E-state index is 12.9. The second kappa shape index (κ2) is 4.54. The number of rotatable bonds is 4. The number of halogens is 1. The van der Waals surface area contributed by atoms with Gasteiger partial charge in [0.25, 0.3) is 6.36 Å². The molecule has 1 aromatic carbocycles. The van der Waals surface area contributed by atoms with E-state index in [0.29, 0.717) is 0 Å². The van der Waals surface area contributed by atoms with Gasteiger partial charge < -0.3 is 9.84 Å². The second-order valence-electron chi connectivity index (χ2n) is 2.85. The van der Waals surface area contributed by atoms with E-state index < -0.39 is 18.1 Å². The number of carboxylic acids is 1. The lowest BCUT2D eigenvalue weighted by Crippen LogP contribution is -2.20. The molecule has 0 aliphatic rings. The minimum atomic E-state index is -2.13. The topological polar surface area (TPSA) is 63.6 Å². The molecule has 0 heterocycles. The highest BCUT2D eigenvalue weighted by Crippen LogP contribution is 2.19. The number of carbonyl (C=O) groups excluding carboxylic acids is 1. The first-order valence-corrected chi connectivity index (χ1v) is 4.16. The fraction of sp³-hybridized carbons (Fsp3) is 0.200. The number of benzene rings is 1. The predicted octanol–water partition coefficient (Wildman–Crippen LogP) is 1.65. The molecule has 0 amide bonds. The van der Waals surface area contributed by atoms with Crippen molar-refractivity contribution in [3.8, 4) is 5.75 Å². The van der Waals surface area contributed by atoms with Crippen LogP contribution in [-0.4, -0.2) is 23.2 Å². The summed E-state index contributed by atoms with van der Waals surface area (Å²) in [6.45, 7) is 1.02. The predicted molar refractivity (Wildman–Crippen MR) is 49.6 cm³/mol. The molecule has 1 aromatic rings. The van der Waals surface area contributed by atoms with Gasteiger partial charge in [0.2, 0.25) is 5.78 Å². The van der Waals surface area contributed by atoms with Crippen LogP contribution in [0.25, 0.3) is 0 Å². The zero-order chi connectivity index (χ0) is 11.4. The van der Waals surface area contributed by atoms with E-state index in [4.69, 9.17) is 5.11 Å². The van der Waals surface area contributed by atoms with Crippen molar-refractivity contribution in [3.63, 3.8) is 0 Å². The van der Waals surface area contributed by atoms with E-state index in [1.807, 2.05) is 0 Å². The third kappa shape index (κ3) is 2.77. The van der Waals surface area contributed by atoms with E-state index in [-0.39, 0.29) is 11.3 Å². The van der Waals surface area contributed by atoms with Gasteiger partial charge in [-0.2, -0.15) is 4.39 Å². The average molecular weight is 212 g/mol. The Kier molecular flexibility index (Phi) is 3.38. The standard InChI is InChI=1S/C10H9FO4/c1-6(12)9(11)15-8-5-3-2-4-7(8)10(13)14/h2-5,9H,1H3,(H,13,14). The number of Topliss-reactive ketones (excluding diaryl/α,β-unsaturated/α-hetero) is 1. The lowest BCUT2D eigenvalue weighted by molar-refractivity contribution is -0.130. The van der Waals surface area contributed by atoms with Gasteiger partial charge >= 0.3 is 5.97 Å². The first-order chi connectivity index (χ1) is 7.02. The van der Waals surface area contributed by atoms with E-state index in [1.54, 1.807) is 0 Å². The molecule has 0 aliphatic carbocycles. The van der Waals surface area contributed by atoms with Crippen molar-refractivity contribution in [2.45, 2.75) is 13.3 Å². The summed E-state index contributed by atoms with van der Waals surface area (Å²) < 4.78 is 17.5. The highest BCUT2D eigenvalue weighted by atomic mass is 19.1. The lowest BCUT2D eigenvalue weighted by atomic mass is 10.2. The number of carboxylic acid groups (broad SMARTS) is 1. The number of aromatic carboxylic acids is 1. The van der Waals surface area contributed by atoms with Gasteiger partial charge in [-0.25, -0.2) is 4.79 Å². The first kappa shape index (κ1) is 11.2. The van der Waals surface area contributed by atoms with E-state index in [9.17, 15) is 14.0 Å². The fourth-order valence-corrected chi connectivity index (χ4v) is 0.941. The molecule has 0 saturated heterocycles. The molecule has 0 saturated carbocycles. The molecule has 0 fully saturated rings. The molecule has 1 rings (SSSR count). The van der Waals surface area contributed by atoms with Crippen molar-refractivity contribution < 1.29 is 23.8 Å². The zero-order valence-corrected chi connectivity index (χ0v) is 7.94. The molecular weight excluding hydrogens is 203 g/mol. The van der Waals surface area contributed by atoms with E-state index in [1.165, 1.54) is 24.3 Å². The van der Waals surface area contributed by atoms with Crippen LogP contribution in [0.15, 0.2) is 24.3 Å². The van der Waals surface area contributed by atoms with Crippen LogP contribution < -0.4 is 4.74 Å². The van der Waals surface area contributed by atoms with Crippen LogP contribution in [0.3, 0.4) is 0 Å². The summed E-state index contributed by atoms with van der Waals surface area (Å²) in [7, 11) is 0. The number of alkyl halides is 1. The van der Waals surface area contributed by atoms with Gasteiger partial charge in [0.05, 0.1) is 0 Å². The second-order valence-corrected chi connectivity index (χ2v) is 2.85. The number of ether oxygens (including phenoxy) is 1. The number of carbonyl (C=O) groups is 2.